The maximum atomic E-state index is 6.16. The summed E-state index contributed by atoms with van der Waals surface area (Å²) in [6.07, 6.45) is 6.72. The van der Waals surface area contributed by atoms with Crippen molar-refractivity contribution in [3.05, 3.63) is 21.7 Å². The van der Waals surface area contributed by atoms with E-state index in [4.69, 9.17) is 23.2 Å². The first kappa shape index (κ1) is 12.1. The molecule has 1 aliphatic rings. The van der Waals surface area contributed by atoms with E-state index in [2.05, 4.69) is 16.9 Å². The van der Waals surface area contributed by atoms with E-state index in [1.165, 1.54) is 25.7 Å². The number of aromatic nitrogens is 2. The number of hydrogen-bond donors (Lipinski definition) is 0. The smallest absolute Gasteiger partial charge is 0.137 e. The summed E-state index contributed by atoms with van der Waals surface area (Å²) in [6.45, 7) is 2.09. The third-order valence-corrected chi connectivity index (χ3v) is 3.77. The van der Waals surface area contributed by atoms with Gasteiger partial charge < -0.3 is 0 Å². The van der Waals surface area contributed by atoms with E-state index in [-0.39, 0.29) is 0 Å². The first-order chi connectivity index (χ1) is 7.72. The van der Waals surface area contributed by atoms with Crippen LogP contribution in [0.1, 0.15) is 56.3 Å². The highest BCUT2D eigenvalue weighted by atomic mass is 35.5. The van der Waals surface area contributed by atoms with E-state index in [1.807, 2.05) is 0 Å². The van der Waals surface area contributed by atoms with Crippen LogP contribution in [0.25, 0.3) is 0 Å². The van der Waals surface area contributed by atoms with Crippen LogP contribution in [0, 0.1) is 0 Å². The molecule has 0 aromatic carbocycles. The highest BCUT2D eigenvalue weighted by Crippen LogP contribution is 2.34. The van der Waals surface area contributed by atoms with E-state index in [0.717, 1.165) is 24.2 Å². The molecule has 1 aromatic rings. The molecule has 0 N–H and O–H groups in total. The van der Waals surface area contributed by atoms with E-state index in [0.29, 0.717) is 16.2 Å². The molecule has 1 heterocycles. The molecular weight excluding hydrogens is 243 g/mol. The Morgan fingerprint density at radius 1 is 1.12 bits per heavy atom. The quantitative estimate of drug-likeness (QED) is 0.752. The van der Waals surface area contributed by atoms with E-state index >= 15 is 0 Å². The van der Waals surface area contributed by atoms with Crippen LogP contribution < -0.4 is 0 Å². The van der Waals surface area contributed by atoms with Crippen molar-refractivity contribution in [1.82, 2.24) is 9.97 Å². The Hall–Kier alpha value is -0.340. The van der Waals surface area contributed by atoms with Gasteiger partial charge in [-0.05, 0) is 19.3 Å². The summed E-state index contributed by atoms with van der Waals surface area (Å²) in [5.41, 5.74) is 0.896. The molecule has 1 aliphatic carbocycles. The summed E-state index contributed by atoms with van der Waals surface area (Å²) < 4.78 is 0. The van der Waals surface area contributed by atoms with Gasteiger partial charge in [-0.3, -0.25) is 0 Å². The second-order valence-electron chi connectivity index (χ2n) is 4.37. The Morgan fingerprint density at radius 3 is 2.19 bits per heavy atom. The molecule has 0 aliphatic heterocycles. The maximum Gasteiger partial charge on any atom is 0.137 e. The fourth-order valence-electron chi connectivity index (χ4n) is 2.27. The lowest BCUT2D eigenvalue weighted by atomic mass is 10.1. The normalized spacial score (nSPS) is 16.9. The predicted octanol–water partition coefficient (Wildman–Crippen LogP) is 4.39. The fourth-order valence-corrected chi connectivity index (χ4v) is 2.86. The second-order valence-corrected chi connectivity index (χ2v) is 5.09. The van der Waals surface area contributed by atoms with Gasteiger partial charge in [0.2, 0.25) is 0 Å². The Morgan fingerprint density at radius 2 is 1.69 bits per heavy atom. The van der Waals surface area contributed by atoms with Gasteiger partial charge in [-0.2, -0.15) is 0 Å². The van der Waals surface area contributed by atoms with Crippen LogP contribution in [0.2, 0.25) is 10.3 Å². The van der Waals surface area contributed by atoms with Crippen LogP contribution in [-0.4, -0.2) is 9.97 Å². The maximum absolute atomic E-state index is 6.16. The standard InChI is InChI=1S/C12H16Cl2N2/c1-2-5-9-10(13)15-12(16-11(9)14)8-6-3-4-7-8/h8H,2-7H2,1H3. The topological polar surface area (TPSA) is 25.8 Å². The molecule has 2 nitrogen and oxygen atoms in total. The van der Waals surface area contributed by atoms with Gasteiger partial charge in [0.05, 0.1) is 0 Å². The third-order valence-electron chi connectivity index (χ3n) is 3.14. The Kier molecular flexibility index (Phi) is 4.04. The molecule has 0 bridgehead atoms. The van der Waals surface area contributed by atoms with Crippen LogP contribution >= 0.6 is 23.2 Å². The van der Waals surface area contributed by atoms with Gasteiger partial charge in [0.15, 0.2) is 0 Å². The van der Waals surface area contributed by atoms with Crippen LogP contribution in [0.5, 0.6) is 0 Å². The lowest BCUT2D eigenvalue weighted by Gasteiger charge is -2.11. The largest absolute Gasteiger partial charge is 0.221 e. The van der Waals surface area contributed by atoms with Crippen molar-refractivity contribution in [2.24, 2.45) is 0 Å². The lowest BCUT2D eigenvalue weighted by molar-refractivity contribution is 0.664. The zero-order chi connectivity index (χ0) is 11.5. The predicted molar refractivity (Wildman–Crippen MR) is 67.3 cm³/mol. The molecule has 0 spiro atoms. The molecule has 0 atom stereocenters. The Balaban J connectivity index is 2.28. The van der Waals surface area contributed by atoms with Crippen molar-refractivity contribution < 1.29 is 0 Å². The van der Waals surface area contributed by atoms with Crippen LogP contribution in [0.15, 0.2) is 0 Å². The van der Waals surface area contributed by atoms with E-state index < -0.39 is 0 Å². The number of nitrogens with zero attached hydrogens (tertiary/aromatic N) is 2. The van der Waals surface area contributed by atoms with Gasteiger partial charge in [0.1, 0.15) is 16.1 Å². The average Bonchev–Trinajstić information content (AvgIpc) is 2.76. The Bertz CT molecular complexity index is 350. The van der Waals surface area contributed by atoms with Crippen LogP contribution in [-0.2, 0) is 6.42 Å². The minimum atomic E-state index is 0.464. The lowest BCUT2D eigenvalue weighted by Crippen LogP contribution is -2.04. The van der Waals surface area contributed by atoms with Crippen molar-refractivity contribution in [3.63, 3.8) is 0 Å². The monoisotopic (exact) mass is 258 g/mol. The fraction of sp³-hybridized carbons (Fsp3) is 0.667. The number of hydrogen-bond acceptors (Lipinski definition) is 2. The molecule has 1 aromatic heterocycles. The summed E-state index contributed by atoms with van der Waals surface area (Å²) >= 11 is 12.3. The summed E-state index contributed by atoms with van der Waals surface area (Å²) in [5, 5.41) is 1.09. The highest BCUT2D eigenvalue weighted by Gasteiger charge is 2.22. The van der Waals surface area contributed by atoms with Crippen molar-refractivity contribution in [1.29, 1.82) is 0 Å². The minimum Gasteiger partial charge on any atom is -0.221 e. The number of halogens is 2. The molecule has 1 fully saturated rings. The molecule has 4 heteroatoms. The molecule has 0 amide bonds. The SMILES string of the molecule is CCCc1c(Cl)nc(C2CCCC2)nc1Cl. The van der Waals surface area contributed by atoms with Gasteiger partial charge in [-0.25, -0.2) is 9.97 Å². The average molecular weight is 259 g/mol. The molecule has 88 valence electrons. The van der Waals surface area contributed by atoms with E-state index in [9.17, 15) is 0 Å². The van der Waals surface area contributed by atoms with E-state index in [1.54, 1.807) is 0 Å². The minimum absolute atomic E-state index is 0.464. The molecule has 2 rings (SSSR count). The van der Waals surface area contributed by atoms with Crippen LogP contribution in [0.3, 0.4) is 0 Å². The Labute approximate surface area is 106 Å². The summed E-state index contributed by atoms with van der Waals surface area (Å²) in [5.74, 6) is 1.30. The zero-order valence-corrected chi connectivity index (χ0v) is 11.0. The molecule has 0 unspecified atom stereocenters. The zero-order valence-electron chi connectivity index (χ0n) is 9.47. The van der Waals surface area contributed by atoms with Gasteiger partial charge in [0.25, 0.3) is 0 Å². The van der Waals surface area contributed by atoms with Crippen molar-refractivity contribution in [3.8, 4) is 0 Å². The van der Waals surface area contributed by atoms with Crippen molar-refractivity contribution in [2.45, 2.75) is 51.4 Å². The van der Waals surface area contributed by atoms with Crippen molar-refractivity contribution >= 4 is 23.2 Å². The summed E-state index contributed by atoms with van der Waals surface area (Å²) in [7, 11) is 0. The number of rotatable bonds is 3. The third kappa shape index (κ3) is 2.49. The molecule has 0 radical (unpaired) electrons. The summed E-state index contributed by atoms with van der Waals surface area (Å²) in [4.78, 5) is 8.81. The first-order valence-corrected chi connectivity index (χ1v) is 6.69. The highest BCUT2D eigenvalue weighted by molar-refractivity contribution is 6.34. The van der Waals surface area contributed by atoms with Crippen molar-refractivity contribution in [2.75, 3.05) is 0 Å². The van der Waals surface area contributed by atoms with Gasteiger partial charge in [-0.1, -0.05) is 49.4 Å². The van der Waals surface area contributed by atoms with Crippen LogP contribution in [0.4, 0.5) is 0 Å². The molecule has 0 saturated heterocycles. The van der Waals surface area contributed by atoms with Gasteiger partial charge in [-0.15, -0.1) is 0 Å². The first-order valence-electron chi connectivity index (χ1n) is 5.94. The second kappa shape index (κ2) is 5.33. The van der Waals surface area contributed by atoms with Gasteiger partial charge >= 0.3 is 0 Å². The van der Waals surface area contributed by atoms with Gasteiger partial charge in [0, 0.05) is 11.5 Å². The molecule has 16 heavy (non-hydrogen) atoms. The molecule has 1 saturated carbocycles. The molecular formula is C12H16Cl2N2. The summed E-state index contributed by atoms with van der Waals surface area (Å²) in [6, 6.07) is 0.